The van der Waals surface area contributed by atoms with Crippen molar-refractivity contribution in [2.24, 2.45) is 0 Å². The smallest absolute Gasteiger partial charge is 0.265 e. The summed E-state index contributed by atoms with van der Waals surface area (Å²) in [6.07, 6.45) is -0.874. The SMILES string of the molecule is C[C@@H](Oc1ccc(F)cc1)C(=O)Nc1ccc(S(=O)(=O)Nc2ccccc2F)cc1. The van der Waals surface area contributed by atoms with Crippen LogP contribution in [0.1, 0.15) is 6.92 Å². The molecule has 30 heavy (non-hydrogen) atoms. The largest absolute Gasteiger partial charge is 0.481 e. The Balaban J connectivity index is 1.64. The van der Waals surface area contributed by atoms with Gasteiger partial charge in [-0.15, -0.1) is 0 Å². The molecule has 0 unspecified atom stereocenters. The third kappa shape index (κ3) is 5.32. The summed E-state index contributed by atoms with van der Waals surface area (Å²) in [5, 5.41) is 2.60. The van der Waals surface area contributed by atoms with Crippen LogP contribution in [0.4, 0.5) is 20.2 Å². The molecule has 0 aliphatic rings. The Morgan fingerprint density at radius 2 is 1.57 bits per heavy atom. The molecule has 6 nitrogen and oxygen atoms in total. The van der Waals surface area contributed by atoms with Gasteiger partial charge in [-0.2, -0.15) is 0 Å². The van der Waals surface area contributed by atoms with Crippen LogP contribution in [0, 0.1) is 11.6 Å². The number of amides is 1. The lowest BCUT2D eigenvalue weighted by molar-refractivity contribution is -0.122. The van der Waals surface area contributed by atoms with E-state index in [1.165, 1.54) is 73.7 Å². The first-order chi connectivity index (χ1) is 14.2. The molecule has 0 heterocycles. The minimum Gasteiger partial charge on any atom is -0.481 e. The molecule has 1 atom stereocenters. The fourth-order valence-electron chi connectivity index (χ4n) is 2.48. The number of carbonyl (C=O) groups excluding carboxylic acids is 1. The molecule has 3 rings (SSSR count). The number of hydrogen-bond acceptors (Lipinski definition) is 4. The maximum absolute atomic E-state index is 13.7. The number of rotatable bonds is 7. The molecule has 0 aliphatic heterocycles. The van der Waals surface area contributed by atoms with Crippen molar-refractivity contribution in [2.45, 2.75) is 17.9 Å². The van der Waals surface area contributed by atoms with Crippen molar-refractivity contribution in [3.8, 4) is 5.75 Å². The van der Waals surface area contributed by atoms with Gasteiger partial charge in [0.05, 0.1) is 10.6 Å². The molecule has 3 aromatic rings. The number of hydrogen-bond donors (Lipinski definition) is 2. The molecule has 0 bridgehead atoms. The van der Waals surface area contributed by atoms with Crippen LogP contribution in [-0.4, -0.2) is 20.4 Å². The molecule has 0 saturated heterocycles. The number of halogens is 2. The maximum Gasteiger partial charge on any atom is 0.265 e. The van der Waals surface area contributed by atoms with Gasteiger partial charge in [0.25, 0.3) is 15.9 Å². The van der Waals surface area contributed by atoms with Crippen LogP contribution in [0.15, 0.2) is 77.7 Å². The minimum absolute atomic E-state index is 0.0978. The standard InChI is InChI=1S/C21H18F2N2O4S/c1-14(29-17-10-6-15(22)7-11-17)21(26)24-16-8-12-18(13-9-16)30(27,28)25-20-5-3-2-4-19(20)23/h2-14,25H,1H3,(H,24,26)/t14-/m1/s1. The van der Waals surface area contributed by atoms with Gasteiger partial charge in [-0.3, -0.25) is 9.52 Å². The molecule has 156 valence electrons. The third-order valence-electron chi connectivity index (χ3n) is 4.05. The van der Waals surface area contributed by atoms with Crippen molar-refractivity contribution >= 4 is 27.3 Å². The minimum atomic E-state index is -4.00. The Labute approximate surface area is 172 Å². The highest BCUT2D eigenvalue weighted by atomic mass is 32.2. The number of anilines is 2. The van der Waals surface area contributed by atoms with Crippen LogP contribution in [0.25, 0.3) is 0 Å². The number of sulfonamides is 1. The highest BCUT2D eigenvalue weighted by molar-refractivity contribution is 7.92. The van der Waals surface area contributed by atoms with Gasteiger partial charge in [-0.1, -0.05) is 12.1 Å². The Morgan fingerprint density at radius 3 is 2.20 bits per heavy atom. The van der Waals surface area contributed by atoms with Gasteiger partial charge in [0.15, 0.2) is 6.10 Å². The summed E-state index contributed by atoms with van der Waals surface area (Å²) in [5.74, 6) is -1.25. The topological polar surface area (TPSA) is 84.5 Å². The second-order valence-corrected chi connectivity index (χ2v) is 8.00. The zero-order valence-corrected chi connectivity index (χ0v) is 16.6. The first-order valence-corrected chi connectivity index (χ1v) is 10.3. The first kappa shape index (κ1) is 21.3. The van der Waals surface area contributed by atoms with Gasteiger partial charge < -0.3 is 10.1 Å². The number of ether oxygens (including phenoxy) is 1. The molecule has 0 fully saturated rings. The van der Waals surface area contributed by atoms with Crippen molar-refractivity contribution in [3.63, 3.8) is 0 Å². The lowest BCUT2D eigenvalue weighted by atomic mass is 10.3. The quantitative estimate of drug-likeness (QED) is 0.587. The van der Waals surface area contributed by atoms with Crippen molar-refractivity contribution in [3.05, 3.63) is 84.4 Å². The van der Waals surface area contributed by atoms with Gasteiger partial charge in [-0.05, 0) is 67.6 Å². The second-order valence-electron chi connectivity index (χ2n) is 6.31. The predicted molar refractivity (Wildman–Crippen MR) is 109 cm³/mol. The lowest BCUT2D eigenvalue weighted by Gasteiger charge is -2.15. The van der Waals surface area contributed by atoms with E-state index in [9.17, 15) is 22.0 Å². The van der Waals surface area contributed by atoms with E-state index in [-0.39, 0.29) is 10.6 Å². The van der Waals surface area contributed by atoms with Crippen LogP contribution < -0.4 is 14.8 Å². The predicted octanol–water partition coefficient (Wildman–Crippen LogP) is 4.17. The molecule has 0 aromatic heterocycles. The monoisotopic (exact) mass is 432 g/mol. The summed E-state index contributed by atoms with van der Waals surface area (Å²) < 4.78 is 59.1. The molecule has 1 amide bonds. The van der Waals surface area contributed by atoms with Gasteiger partial charge in [0.2, 0.25) is 0 Å². The van der Waals surface area contributed by atoms with Crippen LogP contribution in [0.2, 0.25) is 0 Å². The molecule has 0 aliphatic carbocycles. The third-order valence-corrected chi connectivity index (χ3v) is 5.43. The Bertz CT molecular complexity index is 1130. The van der Waals surface area contributed by atoms with Crippen LogP contribution in [-0.2, 0) is 14.8 Å². The van der Waals surface area contributed by atoms with E-state index in [1.54, 1.807) is 0 Å². The van der Waals surface area contributed by atoms with Crippen LogP contribution in [0.5, 0.6) is 5.75 Å². The summed E-state index contributed by atoms with van der Waals surface area (Å²) in [6, 6.07) is 16.0. The van der Waals surface area contributed by atoms with E-state index in [0.29, 0.717) is 11.4 Å². The second kappa shape index (κ2) is 8.91. The Morgan fingerprint density at radius 1 is 0.933 bits per heavy atom. The molecule has 0 radical (unpaired) electrons. The van der Waals surface area contributed by atoms with E-state index in [0.717, 1.165) is 6.07 Å². The van der Waals surface area contributed by atoms with Crippen molar-refractivity contribution in [1.82, 2.24) is 0 Å². The molecule has 0 saturated carbocycles. The number of para-hydroxylation sites is 1. The van der Waals surface area contributed by atoms with Crippen molar-refractivity contribution in [2.75, 3.05) is 10.0 Å². The van der Waals surface area contributed by atoms with Gasteiger partial charge in [0, 0.05) is 5.69 Å². The maximum atomic E-state index is 13.7. The molecule has 2 N–H and O–H groups in total. The lowest BCUT2D eigenvalue weighted by Crippen LogP contribution is -2.30. The van der Waals surface area contributed by atoms with E-state index in [2.05, 4.69) is 10.0 Å². The van der Waals surface area contributed by atoms with E-state index in [1.807, 2.05) is 0 Å². The fraction of sp³-hybridized carbons (Fsp3) is 0.0952. The summed E-state index contributed by atoms with van der Waals surface area (Å²) in [4.78, 5) is 12.2. The first-order valence-electron chi connectivity index (χ1n) is 8.85. The molecular weight excluding hydrogens is 414 g/mol. The van der Waals surface area contributed by atoms with Gasteiger partial charge in [-0.25, -0.2) is 17.2 Å². The van der Waals surface area contributed by atoms with Crippen LogP contribution >= 0.6 is 0 Å². The highest BCUT2D eigenvalue weighted by Crippen LogP contribution is 2.21. The summed E-state index contributed by atoms with van der Waals surface area (Å²) in [7, 11) is -4.00. The van der Waals surface area contributed by atoms with E-state index < -0.39 is 33.7 Å². The van der Waals surface area contributed by atoms with Gasteiger partial charge in [0.1, 0.15) is 17.4 Å². The zero-order chi connectivity index (χ0) is 21.7. The Hall–Kier alpha value is -3.46. The van der Waals surface area contributed by atoms with E-state index in [4.69, 9.17) is 4.74 Å². The van der Waals surface area contributed by atoms with Gasteiger partial charge >= 0.3 is 0 Å². The van der Waals surface area contributed by atoms with Crippen LogP contribution in [0.3, 0.4) is 0 Å². The Kier molecular flexibility index (Phi) is 6.31. The average Bonchev–Trinajstić information content (AvgIpc) is 2.71. The van der Waals surface area contributed by atoms with E-state index >= 15 is 0 Å². The number of benzene rings is 3. The molecule has 9 heteroatoms. The summed E-state index contributed by atoms with van der Waals surface area (Å²) in [5.41, 5.74) is 0.182. The molecular formula is C21H18F2N2O4S. The number of nitrogens with one attached hydrogen (secondary N) is 2. The van der Waals surface area contributed by atoms with Crippen molar-refractivity contribution < 1.29 is 26.7 Å². The fourth-order valence-corrected chi connectivity index (χ4v) is 3.55. The molecule has 0 spiro atoms. The van der Waals surface area contributed by atoms with Crippen molar-refractivity contribution in [1.29, 1.82) is 0 Å². The average molecular weight is 432 g/mol. The molecule has 3 aromatic carbocycles. The zero-order valence-electron chi connectivity index (χ0n) is 15.8. The highest BCUT2D eigenvalue weighted by Gasteiger charge is 2.18. The normalized spacial score (nSPS) is 12.1. The summed E-state index contributed by atoms with van der Waals surface area (Å²) in [6.45, 7) is 1.52. The number of carbonyl (C=O) groups is 1. The summed E-state index contributed by atoms with van der Waals surface area (Å²) >= 11 is 0.